The molecule has 1 saturated carbocycles. The van der Waals surface area contributed by atoms with Gasteiger partial charge < -0.3 is 9.88 Å². The van der Waals surface area contributed by atoms with E-state index in [-0.39, 0.29) is 0 Å². The summed E-state index contributed by atoms with van der Waals surface area (Å²) < 4.78 is 2.15. The number of hydrogen-bond donors (Lipinski definition) is 1. The molecule has 3 nitrogen and oxygen atoms in total. The topological polar surface area (TPSA) is 29.9 Å². The van der Waals surface area contributed by atoms with Gasteiger partial charge in [-0.1, -0.05) is 26.7 Å². The maximum Gasteiger partial charge on any atom is 0.109 e. The fourth-order valence-electron chi connectivity index (χ4n) is 3.15. The summed E-state index contributed by atoms with van der Waals surface area (Å²) >= 11 is 0. The molecule has 1 aliphatic carbocycles. The van der Waals surface area contributed by atoms with E-state index in [9.17, 15) is 0 Å². The van der Waals surface area contributed by atoms with Gasteiger partial charge >= 0.3 is 0 Å². The van der Waals surface area contributed by atoms with Gasteiger partial charge in [-0.25, -0.2) is 4.98 Å². The number of imidazole rings is 1. The van der Waals surface area contributed by atoms with Crippen LogP contribution in [0.15, 0.2) is 12.4 Å². The first-order valence-corrected chi connectivity index (χ1v) is 7.40. The van der Waals surface area contributed by atoms with E-state index in [1.165, 1.54) is 31.5 Å². The highest BCUT2D eigenvalue weighted by atomic mass is 15.0. The molecule has 102 valence electrons. The quantitative estimate of drug-likeness (QED) is 0.869. The van der Waals surface area contributed by atoms with Crippen LogP contribution < -0.4 is 5.32 Å². The Morgan fingerprint density at radius 2 is 2.11 bits per heavy atom. The summed E-state index contributed by atoms with van der Waals surface area (Å²) in [4.78, 5) is 4.47. The smallest absolute Gasteiger partial charge is 0.109 e. The molecule has 0 aliphatic heterocycles. The van der Waals surface area contributed by atoms with E-state index in [2.05, 4.69) is 35.8 Å². The monoisotopic (exact) mass is 249 g/mol. The Bertz CT molecular complexity index is 350. The second-order valence-corrected chi connectivity index (χ2v) is 5.84. The van der Waals surface area contributed by atoms with Crippen molar-refractivity contribution in [1.82, 2.24) is 14.9 Å². The Kier molecular flexibility index (Phi) is 4.81. The van der Waals surface area contributed by atoms with Gasteiger partial charge in [0.15, 0.2) is 0 Å². The van der Waals surface area contributed by atoms with Crippen LogP contribution in [-0.4, -0.2) is 22.1 Å². The molecule has 1 N–H and O–H groups in total. The molecule has 1 atom stereocenters. The molecule has 0 radical (unpaired) electrons. The molecule has 0 aromatic carbocycles. The van der Waals surface area contributed by atoms with Crippen LogP contribution in [0.5, 0.6) is 0 Å². The van der Waals surface area contributed by atoms with Crippen molar-refractivity contribution in [1.29, 1.82) is 0 Å². The Balaban J connectivity index is 1.97. The maximum atomic E-state index is 4.47. The van der Waals surface area contributed by atoms with Gasteiger partial charge in [0.1, 0.15) is 5.82 Å². The van der Waals surface area contributed by atoms with E-state index in [0.717, 1.165) is 24.8 Å². The zero-order valence-corrected chi connectivity index (χ0v) is 12.0. The van der Waals surface area contributed by atoms with Crippen LogP contribution in [0.3, 0.4) is 0 Å². The molecule has 2 rings (SSSR count). The van der Waals surface area contributed by atoms with Crippen molar-refractivity contribution in [3.8, 4) is 0 Å². The van der Waals surface area contributed by atoms with Crippen molar-refractivity contribution >= 4 is 0 Å². The van der Waals surface area contributed by atoms with Crippen molar-refractivity contribution in [2.75, 3.05) is 6.54 Å². The average Bonchev–Trinajstić information content (AvgIpc) is 2.76. The second kappa shape index (κ2) is 6.37. The number of aryl methyl sites for hydroxylation is 1. The minimum Gasteiger partial charge on any atom is -0.338 e. The van der Waals surface area contributed by atoms with Crippen molar-refractivity contribution in [2.45, 2.75) is 52.0 Å². The number of likely N-dealkylation sites (N-methyl/N-ethyl adjacent to an activating group) is 1. The summed E-state index contributed by atoms with van der Waals surface area (Å²) in [5.74, 6) is 2.97. The van der Waals surface area contributed by atoms with Crippen LogP contribution in [0.25, 0.3) is 0 Å². The average molecular weight is 249 g/mol. The first-order chi connectivity index (χ1) is 8.70. The van der Waals surface area contributed by atoms with Gasteiger partial charge in [0.05, 0.1) is 0 Å². The van der Waals surface area contributed by atoms with E-state index in [1.807, 2.05) is 12.4 Å². The molecule has 0 amide bonds. The molecule has 3 heteroatoms. The number of rotatable bonds is 5. The Morgan fingerprint density at radius 1 is 1.39 bits per heavy atom. The lowest BCUT2D eigenvalue weighted by atomic mass is 9.78. The molecule has 1 aliphatic rings. The SMILES string of the molecule is CCNC(Cc1nccn1C)C1CCC(C)CC1. The van der Waals surface area contributed by atoms with Gasteiger partial charge in [-0.2, -0.15) is 0 Å². The molecule has 18 heavy (non-hydrogen) atoms. The van der Waals surface area contributed by atoms with Crippen molar-refractivity contribution in [3.63, 3.8) is 0 Å². The number of nitrogens with one attached hydrogen (secondary N) is 1. The molecule has 1 heterocycles. The van der Waals surface area contributed by atoms with Gasteiger partial charge in [0.25, 0.3) is 0 Å². The van der Waals surface area contributed by atoms with Crippen molar-refractivity contribution < 1.29 is 0 Å². The highest BCUT2D eigenvalue weighted by molar-refractivity contribution is 4.96. The van der Waals surface area contributed by atoms with Crippen LogP contribution in [0.2, 0.25) is 0 Å². The minimum atomic E-state index is 0.601. The normalized spacial score (nSPS) is 26.2. The lowest BCUT2D eigenvalue weighted by Gasteiger charge is -2.33. The van der Waals surface area contributed by atoms with Crippen LogP contribution in [0.1, 0.15) is 45.4 Å². The first kappa shape index (κ1) is 13.6. The number of nitrogens with zero attached hydrogens (tertiary/aromatic N) is 2. The molecule has 1 unspecified atom stereocenters. The predicted molar refractivity (Wildman–Crippen MR) is 75.5 cm³/mol. The Morgan fingerprint density at radius 3 is 2.67 bits per heavy atom. The summed E-state index contributed by atoms with van der Waals surface area (Å²) in [5, 5.41) is 3.68. The van der Waals surface area contributed by atoms with Crippen LogP contribution in [-0.2, 0) is 13.5 Å². The molecular weight excluding hydrogens is 222 g/mol. The summed E-state index contributed by atoms with van der Waals surface area (Å²) in [6.45, 7) is 5.65. The Labute approximate surface area is 111 Å². The fraction of sp³-hybridized carbons (Fsp3) is 0.800. The van der Waals surface area contributed by atoms with E-state index in [0.29, 0.717) is 6.04 Å². The first-order valence-electron chi connectivity index (χ1n) is 7.40. The van der Waals surface area contributed by atoms with Gasteiger partial charge in [-0.05, 0) is 31.2 Å². The van der Waals surface area contributed by atoms with Crippen LogP contribution >= 0.6 is 0 Å². The van der Waals surface area contributed by atoms with Crippen molar-refractivity contribution in [3.05, 3.63) is 18.2 Å². The summed E-state index contributed by atoms with van der Waals surface area (Å²) in [6, 6.07) is 0.601. The second-order valence-electron chi connectivity index (χ2n) is 5.84. The third-order valence-electron chi connectivity index (χ3n) is 4.42. The Hall–Kier alpha value is -0.830. The summed E-state index contributed by atoms with van der Waals surface area (Å²) in [5.41, 5.74) is 0. The molecule has 1 aromatic rings. The number of aromatic nitrogens is 2. The predicted octanol–water partition coefficient (Wildman–Crippen LogP) is 2.77. The molecule has 0 spiro atoms. The van der Waals surface area contributed by atoms with Gasteiger partial charge in [-0.15, -0.1) is 0 Å². The summed E-state index contributed by atoms with van der Waals surface area (Å²) in [7, 11) is 2.09. The third kappa shape index (κ3) is 3.35. The van der Waals surface area contributed by atoms with E-state index >= 15 is 0 Å². The lowest BCUT2D eigenvalue weighted by Crippen LogP contribution is -2.40. The molecule has 1 aromatic heterocycles. The molecule has 0 saturated heterocycles. The lowest BCUT2D eigenvalue weighted by molar-refractivity contribution is 0.228. The minimum absolute atomic E-state index is 0.601. The van der Waals surface area contributed by atoms with Crippen molar-refractivity contribution in [2.24, 2.45) is 18.9 Å². The summed E-state index contributed by atoms with van der Waals surface area (Å²) in [6.07, 6.45) is 10.6. The standard InChI is InChI=1S/C15H27N3/c1-4-16-14(11-15-17-9-10-18(15)3)13-7-5-12(2)6-8-13/h9-10,12-14,16H,4-8,11H2,1-3H3. The molecule has 0 bridgehead atoms. The number of hydrogen-bond acceptors (Lipinski definition) is 2. The fourth-order valence-corrected chi connectivity index (χ4v) is 3.15. The highest BCUT2D eigenvalue weighted by Gasteiger charge is 2.26. The maximum absolute atomic E-state index is 4.47. The third-order valence-corrected chi connectivity index (χ3v) is 4.42. The zero-order valence-electron chi connectivity index (χ0n) is 12.0. The molecular formula is C15H27N3. The van der Waals surface area contributed by atoms with E-state index in [4.69, 9.17) is 0 Å². The van der Waals surface area contributed by atoms with E-state index in [1.54, 1.807) is 0 Å². The zero-order chi connectivity index (χ0) is 13.0. The molecule has 1 fully saturated rings. The van der Waals surface area contributed by atoms with Crippen LogP contribution in [0.4, 0.5) is 0 Å². The largest absolute Gasteiger partial charge is 0.338 e. The van der Waals surface area contributed by atoms with Gasteiger partial charge in [0, 0.05) is 31.9 Å². The van der Waals surface area contributed by atoms with E-state index < -0.39 is 0 Å². The van der Waals surface area contributed by atoms with Crippen LogP contribution in [0, 0.1) is 11.8 Å². The van der Waals surface area contributed by atoms with Gasteiger partial charge in [-0.3, -0.25) is 0 Å². The highest BCUT2D eigenvalue weighted by Crippen LogP contribution is 2.31. The van der Waals surface area contributed by atoms with Gasteiger partial charge in [0.2, 0.25) is 0 Å².